The largest absolute Gasteiger partial charge is 0.491 e. The highest BCUT2D eigenvalue weighted by molar-refractivity contribution is 5.38. The van der Waals surface area contributed by atoms with Crippen LogP contribution >= 0.6 is 0 Å². The Morgan fingerprint density at radius 3 is 2.73 bits per heavy atom. The number of likely N-dealkylation sites (N-methyl/N-ethyl adjacent to an activating group) is 1. The normalized spacial score (nSPS) is 20.1. The first-order valence-electron chi connectivity index (χ1n) is 8.85. The number of aryl methyl sites for hydroxylation is 2. The van der Waals surface area contributed by atoms with E-state index in [4.69, 9.17) is 4.74 Å². The van der Waals surface area contributed by atoms with Crippen molar-refractivity contribution in [2.75, 3.05) is 20.2 Å². The van der Waals surface area contributed by atoms with Crippen molar-refractivity contribution in [2.45, 2.75) is 63.5 Å². The van der Waals surface area contributed by atoms with Crippen LogP contribution < -0.4 is 4.74 Å². The summed E-state index contributed by atoms with van der Waals surface area (Å²) in [6.07, 6.45) is 9.78. The fourth-order valence-corrected chi connectivity index (χ4v) is 3.89. The molecule has 0 heterocycles. The second-order valence-corrected chi connectivity index (χ2v) is 6.98. The van der Waals surface area contributed by atoms with Gasteiger partial charge in [0, 0.05) is 12.6 Å². The van der Waals surface area contributed by atoms with Crippen LogP contribution in [0.2, 0.25) is 0 Å². The van der Waals surface area contributed by atoms with Crippen LogP contribution in [0.4, 0.5) is 0 Å². The van der Waals surface area contributed by atoms with Crippen LogP contribution in [-0.2, 0) is 12.8 Å². The Bertz CT molecular complexity index is 482. The zero-order valence-corrected chi connectivity index (χ0v) is 13.8. The molecule has 0 radical (unpaired) electrons. The highest BCUT2D eigenvalue weighted by Gasteiger charge is 2.20. The number of hydrogen-bond acceptors (Lipinski definition) is 3. The van der Waals surface area contributed by atoms with Gasteiger partial charge in [-0.2, -0.15) is 0 Å². The van der Waals surface area contributed by atoms with E-state index in [2.05, 4.69) is 24.1 Å². The number of ether oxygens (including phenoxy) is 1. The third-order valence-electron chi connectivity index (χ3n) is 5.21. The molecular formula is C19H29NO2. The van der Waals surface area contributed by atoms with Crippen LogP contribution in [-0.4, -0.2) is 42.4 Å². The molecule has 1 fully saturated rings. The summed E-state index contributed by atoms with van der Waals surface area (Å²) < 4.78 is 5.80. The van der Waals surface area contributed by atoms with Crippen molar-refractivity contribution >= 4 is 0 Å². The van der Waals surface area contributed by atoms with Crippen molar-refractivity contribution in [3.05, 3.63) is 29.3 Å². The molecule has 3 rings (SSSR count). The third-order valence-corrected chi connectivity index (χ3v) is 5.21. The van der Waals surface area contributed by atoms with E-state index in [1.807, 2.05) is 6.07 Å². The molecule has 1 saturated carbocycles. The Morgan fingerprint density at radius 2 is 1.91 bits per heavy atom. The molecule has 0 aromatic heterocycles. The summed E-state index contributed by atoms with van der Waals surface area (Å²) in [6, 6.07) is 7.02. The topological polar surface area (TPSA) is 32.7 Å². The summed E-state index contributed by atoms with van der Waals surface area (Å²) in [7, 11) is 2.13. The molecule has 122 valence electrons. The molecule has 0 aliphatic heterocycles. The van der Waals surface area contributed by atoms with Gasteiger partial charge < -0.3 is 14.7 Å². The van der Waals surface area contributed by atoms with Gasteiger partial charge in [-0.15, -0.1) is 0 Å². The number of nitrogens with zero attached hydrogens (tertiary/aromatic N) is 1. The van der Waals surface area contributed by atoms with E-state index in [-0.39, 0.29) is 0 Å². The SMILES string of the molecule is CN(C[C@H](O)COc1ccc2c(c1)CCC2)C1CCCCC1. The number of rotatable bonds is 6. The van der Waals surface area contributed by atoms with Gasteiger partial charge in [0.05, 0.1) is 0 Å². The molecule has 0 bridgehead atoms. The summed E-state index contributed by atoms with van der Waals surface area (Å²) >= 11 is 0. The van der Waals surface area contributed by atoms with E-state index in [1.54, 1.807) is 0 Å². The van der Waals surface area contributed by atoms with Crippen molar-refractivity contribution in [3.63, 3.8) is 0 Å². The van der Waals surface area contributed by atoms with Crippen LogP contribution in [0, 0.1) is 0 Å². The summed E-state index contributed by atoms with van der Waals surface area (Å²) in [5.74, 6) is 0.903. The third kappa shape index (κ3) is 4.02. The second kappa shape index (κ2) is 7.47. The molecule has 1 aromatic rings. The van der Waals surface area contributed by atoms with E-state index >= 15 is 0 Å². The molecule has 2 aliphatic rings. The standard InChI is InChI=1S/C19H29NO2/c1-20(17-8-3-2-4-9-17)13-18(21)14-22-19-11-10-15-6-5-7-16(15)12-19/h10-12,17-18,21H,2-9,13-14H2,1H3/t18-/m0/s1. The second-order valence-electron chi connectivity index (χ2n) is 6.98. The first-order chi connectivity index (χ1) is 10.7. The minimum atomic E-state index is -0.416. The lowest BCUT2D eigenvalue weighted by molar-refractivity contribution is 0.0561. The zero-order chi connectivity index (χ0) is 15.4. The maximum Gasteiger partial charge on any atom is 0.119 e. The molecule has 1 aromatic carbocycles. The van der Waals surface area contributed by atoms with E-state index in [9.17, 15) is 5.11 Å². The van der Waals surface area contributed by atoms with Crippen molar-refractivity contribution in [3.8, 4) is 5.75 Å². The summed E-state index contributed by atoms with van der Waals surface area (Å²) in [6.45, 7) is 1.09. The quantitative estimate of drug-likeness (QED) is 0.876. The van der Waals surface area contributed by atoms with Gasteiger partial charge in [-0.1, -0.05) is 25.3 Å². The smallest absolute Gasteiger partial charge is 0.119 e. The zero-order valence-electron chi connectivity index (χ0n) is 13.8. The highest BCUT2D eigenvalue weighted by Crippen LogP contribution is 2.26. The molecule has 3 nitrogen and oxygen atoms in total. The summed E-state index contributed by atoms with van der Waals surface area (Å²) in [4.78, 5) is 2.32. The maximum atomic E-state index is 10.2. The van der Waals surface area contributed by atoms with Crippen LogP contribution in [0.5, 0.6) is 5.75 Å². The molecule has 0 spiro atoms. The van der Waals surface area contributed by atoms with Crippen molar-refractivity contribution in [1.29, 1.82) is 0 Å². The summed E-state index contributed by atoms with van der Waals surface area (Å²) in [5.41, 5.74) is 2.89. The molecule has 3 heteroatoms. The fraction of sp³-hybridized carbons (Fsp3) is 0.684. The predicted octanol–water partition coefficient (Wildman–Crippen LogP) is 3.18. The Hall–Kier alpha value is -1.06. The molecule has 22 heavy (non-hydrogen) atoms. The van der Waals surface area contributed by atoms with Gasteiger partial charge in [0.25, 0.3) is 0 Å². The van der Waals surface area contributed by atoms with Gasteiger partial charge in [-0.25, -0.2) is 0 Å². The molecule has 0 saturated heterocycles. The van der Waals surface area contributed by atoms with Gasteiger partial charge in [0.15, 0.2) is 0 Å². The molecular weight excluding hydrogens is 274 g/mol. The van der Waals surface area contributed by atoms with E-state index in [0.29, 0.717) is 19.2 Å². The van der Waals surface area contributed by atoms with Gasteiger partial charge >= 0.3 is 0 Å². The lowest BCUT2D eigenvalue weighted by Crippen LogP contribution is -2.40. The highest BCUT2D eigenvalue weighted by atomic mass is 16.5. The average molecular weight is 303 g/mol. The fourth-order valence-electron chi connectivity index (χ4n) is 3.89. The number of fused-ring (bicyclic) bond motifs is 1. The number of aliphatic hydroxyl groups excluding tert-OH is 1. The Kier molecular flexibility index (Phi) is 5.37. The van der Waals surface area contributed by atoms with E-state index in [0.717, 1.165) is 5.75 Å². The first-order valence-corrected chi connectivity index (χ1v) is 8.85. The Balaban J connectivity index is 1.44. The minimum absolute atomic E-state index is 0.385. The average Bonchev–Trinajstić information content (AvgIpc) is 3.01. The van der Waals surface area contributed by atoms with Gasteiger partial charge in [0.2, 0.25) is 0 Å². The Labute approximate surface area is 134 Å². The molecule has 1 atom stereocenters. The van der Waals surface area contributed by atoms with E-state index < -0.39 is 6.10 Å². The van der Waals surface area contributed by atoms with Crippen LogP contribution in [0.25, 0.3) is 0 Å². The van der Waals surface area contributed by atoms with Crippen molar-refractivity contribution < 1.29 is 9.84 Å². The minimum Gasteiger partial charge on any atom is -0.491 e. The van der Waals surface area contributed by atoms with Gasteiger partial charge in [0.1, 0.15) is 18.5 Å². The molecule has 2 aliphatic carbocycles. The number of hydrogen-bond donors (Lipinski definition) is 1. The molecule has 0 unspecified atom stereocenters. The van der Waals surface area contributed by atoms with Crippen LogP contribution in [0.15, 0.2) is 18.2 Å². The first kappa shape index (κ1) is 15.8. The molecule has 0 amide bonds. The van der Waals surface area contributed by atoms with Crippen molar-refractivity contribution in [1.82, 2.24) is 4.90 Å². The van der Waals surface area contributed by atoms with Gasteiger partial charge in [-0.3, -0.25) is 0 Å². The Morgan fingerprint density at radius 1 is 1.14 bits per heavy atom. The van der Waals surface area contributed by atoms with Crippen LogP contribution in [0.3, 0.4) is 0 Å². The summed E-state index contributed by atoms with van der Waals surface area (Å²) in [5, 5.41) is 10.2. The monoisotopic (exact) mass is 303 g/mol. The van der Waals surface area contributed by atoms with Gasteiger partial charge in [-0.05, 0) is 62.4 Å². The molecule has 1 N–H and O–H groups in total. The van der Waals surface area contributed by atoms with Crippen LogP contribution in [0.1, 0.15) is 49.7 Å². The predicted molar refractivity (Wildman–Crippen MR) is 89.5 cm³/mol. The van der Waals surface area contributed by atoms with E-state index in [1.165, 1.54) is 62.5 Å². The number of benzene rings is 1. The lowest BCUT2D eigenvalue weighted by atomic mass is 9.94. The lowest BCUT2D eigenvalue weighted by Gasteiger charge is -2.32. The number of aliphatic hydroxyl groups is 1. The maximum absolute atomic E-state index is 10.2. The van der Waals surface area contributed by atoms with Crippen molar-refractivity contribution in [2.24, 2.45) is 0 Å².